The highest BCUT2D eigenvalue weighted by Gasteiger charge is 2.33. The summed E-state index contributed by atoms with van der Waals surface area (Å²) in [4.78, 5) is 19.1. The SMILES string of the molecule is Cl.O=C1C(c2ccc(Br)cc2)n2cncc2CN1Cc1ccc(F)cc1. The molecule has 0 saturated heterocycles. The van der Waals surface area contributed by atoms with Crippen LogP contribution in [0.5, 0.6) is 0 Å². The Morgan fingerprint density at radius 2 is 1.81 bits per heavy atom. The van der Waals surface area contributed by atoms with Crippen LogP contribution in [-0.4, -0.2) is 20.4 Å². The molecule has 2 aromatic carbocycles. The number of hydrogen-bond donors (Lipinski definition) is 0. The molecule has 0 spiro atoms. The minimum Gasteiger partial charge on any atom is -0.330 e. The van der Waals surface area contributed by atoms with E-state index in [1.807, 2.05) is 28.8 Å². The first-order chi connectivity index (χ1) is 12.1. The van der Waals surface area contributed by atoms with E-state index in [1.54, 1.807) is 29.6 Å². The molecular weight excluding hydrogens is 421 g/mol. The standard InChI is InChI=1S/C19H15BrFN3O.ClH/c20-15-5-3-14(4-6-15)18-19(25)23(11-17-9-22-12-24(17)18)10-13-1-7-16(21)8-2-13;/h1-9,12,18H,10-11H2;1H. The van der Waals surface area contributed by atoms with Crippen molar-refractivity contribution < 1.29 is 9.18 Å². The Morgan fingerprint density at radius 3 is 2.50 bits per heavy atom. The number of aromatic nitrogens is 2. The van der Waals surface area contributed by atoms with E-state index in [9.17, 15) is 9.18 Å². The molecule has 0 fully saturated rings. The lowest BCUT2D eigenvalue weighted by atomic mass is 10.0. The summed E-state index contributed by atoms with van der Waals surface area (Å²) in [5, 5.41) is 0. The van der Waals surface area contributed by atoms with Crippen molar-refractivity contribution in [2.24, 2.45) is 0 Å². The predicted molar refractivity (Wildman–Crippen MR) is 102 cm³/mol. The van der Waals surface area contributed by atoms with Gasteiger partial charge in [0.15, 0.2) is 0 Å². The first-order valence-electron chi connectivity index (χ1n) is 7.91. The molecule has 4 nitrogen and oxygen atoms in total. The quantitative estimate of drug-likeness (QED) is 0.613. The van der Waals surface area contributed by atoms with E-state index in [1.165, 1.54) is 12.1 Å². The zero-order chi connectivity index (χ0) is 17.4. The number of imidazole rings is 1. The summed E-state index contributed by atoms with van der Waals surface area (Å²) in [6.45, 7) is 0.931. The monoisotopic (exact) mass is 435 g/mol. The third kappa shape index (κ3) is 3.52. The van der Waals surface area contributed by atoms with Crippen LogP contribution in [0.15, 0.2) is 65.5 Å². The van der Waals surface area contributed by atoms with E-state index < -0.39 is 6.04 Å². The second-order valence-corrected chi connectivity index (χ2v) is 6.98. The maximum atomic E-state index is 13.1. The molecule has 1 aliphatic heterocycles. The fourth-order valence-electron chi connectivity index (χ4n) is 3.14. The van der Waals surface area contributed by atoms with Gasteiger partial charge >= 0.3 is 0 Å². The van der Waals surface area contributed by atoms with E-state index in [2.05, 4.69) is 20.9 Å². The van der Waals surface area contributed by atoms with Gasteiger partial charge in [0.1, 0.15) is 11.9 Å². The Bertz CT molecular complexity index is 911. The van der Waals surface area contributed by atoms with Crippen molar-refractivity contribution in [1.29, 1.82) is 0 Å². The van der Waals surface area contributed by atoms with E-state index in [0.29, 0.717) is 13.1 Å². The van der Waals surface area contributed by atoms with Crippen molar-refractivity contribution in [2.45, 2.75) is 19.1 Å². The molecule has 7 heteroatoms. The van der Waals surface area contributed by atoms with Crippen molar-refractivity contribution >= 4 is 34.2 Å². The Hall–Kier alpha value is -2.18. The Kier molecular flexibility index (Phi) is 5.44. The molecule has 2 heterocycles. The number of halogens is 3. The van der Waals surface area contributed by atoms with Crippen molar-refractivity contribution in [2.75, 3.05) is 0 Å². The highest BCUT2D eigenvalue weighted by Crippen LogP contribution is 2.30. The minimum atomic E-state index is -0.431. The van der Waals surface area contributed by atoms with Crippen LogP contribution < -0.4 is 0 Å². The summed E-state index contributed by atoms with van der Waals surface area (Å²) in [5.41, 5.74) is 2.79. The summed E-state index contributed by atoms with van der Waals surface area (Å²) >= 11 is 3.43. The molecule has 0 bridgehead atoms. The first-order valence-corrected chi connectivity index (χ1v) is 8.70. The number of fused-ring (bicyclic) bond motifs is 1. The van der Waals surface area contributed by atoms with Gasteiger partial charge in [0, 0.05) is 17.2 Å². The summed E-state index contributed by atoms with van der Waals surface area (Å²) in [6.07, 6.45) is 3.49. The van der Waals surface area contributed by atoms with Crippen molar-refractivity contribution in [3.8, 4) is 0 Å². The first kappa shape index (κ1) is 18.6. The highest BCUT2D eigenvalue weighted by atomic mass is 79.9. The lowest BCUT2D eigenvalue weighted by molar-refractivity contribution is -0.136. The number of benzene rings is 2. The van der Waals surface area contributed by atoms with Gasteiger partial charge in [0.25, 0.3) is 5.91 Å². The molecule has 134 valence electrons. The van der Waals surface area contributed by atoms with Gasteiger partial charge in [-0.3, -0.25) is 4.79 Å². The molecule has 0 saturated carbocycles. The molecule has 0 radical (unpaired) electrons. The van der Waals surface area contributed by atoms with E-state index in [4.69, 9.17) is 0 Å². The molecule has 0 aliphatic carbocycles. The lowest BCUT2D eigenvalue weighted by Gasteiger charge is -2.34. The Morgan fingerprint density at radius 1 is 1.12 bits per heavy atom. The predicted octanol–water partition coefficient (Wildman–Crippen LogP) is 4.34. The molecule has 1 aliphatic rings. The molecule has 1 atom stereocenters. The number of hydrogen-bond acceptors (Lipinski definition) is 2. The summed E-state index contributed by atoms with van der Waals surface area (Å²) < 4.78 is 16.0. The normalized spacial score (nSPS) is 16.2. The van der Waals surface area contributed by atoms with Crippen LogP contribution in [0.1, 0.15) is 22.9 Å². The molecule has 4 rings (SSSR count). The second-order valence-electron chi connectivity index (χ2n) is 6.07. The van der Waals surface area contributed by atoms with Gasteiger partial charge in [-0.15, -0.1) is 12.4 Å². The molecule has 26 heavy (non-hydrogen) atoms. The van der Waals surface area contributed by atoms with Crippen LogP contribution in [-0.2, 0) is 17.9 Å². The van der Waals surface area contributed by atoms with Crippen LogP contribution >= 0.6 is 28.3 Å². The van der Waals surface area contributed by atoms with Gasteiger partial charge in [-0.1, -0.05) is 40.2 Å². The fourth-order valence-corrected chi connectivity index (χ4v) is 3.41. The molecule has 1 aromatic heterocycles. The molecular formula is C19H16BrClFN3O. The molecule has 0 N–H and O–H groups in total. The summed E-state index contributed by atoms with van der Waals surface area (Å²) in [5.74, 6) is -0.267. The highest BCUT2D eigenvalue weighted by molar-refractivity contribution is 9.10. The number of nitrogens with zero attached hydrogens (tertiary/aromatic N) is 3. The van der Waals surface area contributed by atoms with Crippen LogP contribution in [0, 0.1) is 5.82 Å². The zero-order valence-electron chi connectivity index (χ0n) is 13.7. The lowest BCUT2D eigenvalue weighted by Crippen LogP contribution is -2.42. The average molecular weight is 437 g/mol. The average Bonchev–Trinajstić information content (AvgIpc) is 3.06. The van der Waals surface area contributed by atoms with E-state index >= 15 is 0 Å². The smallest absolute Gasteiger partial charge is 0.250 e. The van der Waals surface area contributed by atoms with Crippen LogP contribution in [0.3, 0.4) is 0 Å². The largest absolute Gasteiger partial charge is 0.330 e. The molecule has 3 aromatic rings. The summed E-state index contributed by atoms with van der Waals surface area (Å²) in [7, 11) is 0. The minimum absolute atomic E-state index is 0. The number of rotatable bonds is 3. The Labute approximate surface area is 165 Å². The van der Waals surface area contributed by atoms with Crippen molar-refractivity contribution in [1.82, 2.24) is 14.5 Å². The van der Waals surface area contributed by atoms with E-state index in [0.717, 1.165) is 21.3 Å². The fraction of sp³-hybridized carbons (Fsp3) is 0.158. The number of amides is 1. The Balaban J connectivity index is 0.00000196. The van der Waals surface area contributed by atoms with Crippen LogP contribution in [0.2, 0.25) is 0 Å². The zero-order valence-corrected chi connectivity index (χ0v) is 16.1. The van der Waals surface area contributed by atoms with Crippen molar-refractivity contribution in [3.05, 3.63) is 88.2 Å². The van der Waals surface area contributed by atoms with E-state index in [-0.39, 0.29) is 24.1 Å². The van der Waals surface area contributed by atoms with Crippen LogP contribution in [0.25, 0.3) is 0 Å². The molecule has 1 amide bonds. The van der Waals surface area contributed by atoms with Gasteiger partial charge in [0.2, 0.25) is 0 Å². The van der Waals surface area contributed by atoms with Gasteiger partial charge in [0.05, 0.1) is 18.6 Å². The third-order valence-electron chi connectivity index (χ3n) is 4.40. The van der Waals surface area contributed by atoms with Gasteiger partial charge in [-0.05, 0) is 35.4 Å². The molecule has 1 unspecified atom stereocenters. The maximum Gasteiger partial charge on any atom is 0.250 e. The van der Waals surface area contributed by atoms with Crippen molar-refractivity contribution in [3.63, 3.8) is 0 Å². The second kappa shape index (κ2) is 7.60. The van der Waals surface area contributed by atoms with Crippen LogP contribution in [0.4, 0.5) is 4.39 Å². The topological polar surface area (TPSA) is 38.1 Å². The summed E-state index contributed by atoms with van der Waals surface area (Å²) in [6, 6.07) is 13.6. The number of carbonyl (C=O) groups excluding carboxylic acids is 1. The number of carbonyl (C=O) groups is 1. The van der Waals surface area contributed by atoms with Gasteiger partial charge in [-0.25, -0.2) is 9.37 Å². The maximum absolute atomic E-state index is 13.1. The van der Waals surface area contributed by atoms with Gasteiger partial charge in [-0.2, -0.15) is 0 Å². The van der Waals surface area contributed by atoms with Gasteiger partial charge < -0.3 is 9.47 Å². The third-order valence-corrected chi connectivity index (χ3v) is 4.92.